The molecule has 1 saturated heterocycles. The normalized spacial score (nSPS) is 17.3. The fourth-order valence-electron chi connectivity index (χ4n) is 3.49. The average Bonchev–Trinajstić information content (AvgIpc) is 2.78. The van der Waals surface area contributed by atoms with Crippen LogP contribution in [0.5, 0.6) is 11.5 Å². The maximum Gasteiger partial charge on any atom is 0.317 e. The highest BCUT2D eigenvalue weighted by atomic mass is 19.2. The number of morpholine rings is 1. The summed E-state index contributed by atoms with van der Waals surface area (Å²) in [7, 11) is 1.46. The smallest absolute Gasteiger partial charge is 0.317 e. The Balaban J connectivity index is 1.54. The zero-order chi connectivity index (χ0) is 22.4. The van der Waals surface area contributed by atoms with Gasteiger partial charge < -0.3 is 29.9 Å². The molecular weight excluding hydrogens is 410 g/mol. The maximum absolute atomic E-state index is 13.5. The third-order valence-corrected chi connectivity index (χ3v) is 5.24. The summed E-state index contributed by atoms with van der Waals surface area (Å²) in [5.41, 5.74) is 1.26. The first-order valence-electron chi connectivity index (χ1n) is 9.97. The first kappa shape index (κ1) is 22.8. The van der Waals surface area contributed by atoms with E-state index < -0.39 is 17.7 Å². The van der Waals surface area contributed by atoms with Crippen molar-refractivity contribution in [2.24, 2.45) is 5.92 Å². The molecule has 3 N–H and O–H groups in total. The van der Waals surface area contributed by atoms with Crippen LogP contribution >= 0.6 is 0 Å². The number of methoxy groups -OCH3 is 1. The van der Waals surface area contributed by atoms with Crippen molar-refractivity contribution in [1.82, 2.24) is 10.2 Å². The number of hydrogen-bond donors (Lipinski definition) is 3. The van der Waals surface area contributed by atoms with Crippen LogP contribution in [0.4, 0.5) is 13.6 Å². The lowest BCUT2D eigenvalue weighted by Crippen LogP contribution is -2.48. The lowest BCUT2D eigenvalue weighted by molar-refractivity contribution is -0.0157. The SMILES string of the molecule is COc1ccc(CC(CO)CNC(=O)N2CCOC(c3ccc(F)c(F)c3)C2)cc1O. The van der Waals surface area contributed by atoms with Gasteiger partial charge in [-0.2, -0.15) is 0 Å². The van der Waals surface area contributed by atoms with Crippen LogP contribution in [-0.4, -0.2) is 61.1 Å². The molecule has 2 aromatic carbocycles. The second-order valence-electron chi connectivity index (χ2n) is 7.42. The number of aliphatic hydroxyl groups excluding tert-OH is 1. The summed E-state index contributed by atoms with van der Waals surface area (Å²) in [5.74, 6) is -1.77. The summed E-state index contributed by atoms with van der Waals surface area (Å²) in [6, 6.07) is 8.23. The van der Waals surface area contributed by atoms with Crippen molar-refractivity contribution >= 4 is 6.03 Å². The van der Waals surface area contributed by atoms with E-state index in [1.807, 2.05) is 0 Å². The third-order valence-electron chi connectivity index (χ3n) is 5.24. The van der Waals surface area contributed by atoms with E-state index in [9.17, 15) is 23.8 Å². The minimum atomic E-state index is -0.960. The Bertz CT molecular complexity index is 911. The topological polar surface area (TPSA) is 91.3 Å². The minimum Gasteiger partial charge on any atom is -0.504 e. The van der Waals surface area contributed by atoms with Gasteiger partial charge in [-0.1, -0.05) is 12.1 Å². The average molecular weight is 436 g/mol. The molecule has 9 heteroatoms. The van der Waals surface area contributed by atoms with Gasteiger partial charge >= 0.3 is 6.03 Å². The van der Waals surface area contributed by atoms with E-state index in [0.29, 0.717) is 24.3 Å². The molecule has 2 atom stereocenters. The van der Waals surface area contributed by atoms with E-state index in [4.69, 9.17) is 9.47 Å². The number of benzene rings is 2. The molecule has 0 spiro atoms. The van der Waals surface area contributed by atoms with E-state index in [1.165, 1.54) is 13.2 Å². The molecule has 2 amide bonds. The predicted molar refractivity (Wildman–Crippen MR) is 109 cm³/mol. The van der Waals surface area contributed by atoms with Crippen molar-refractivity contribution < 1.29 is 33.3 Å². The van der Waals surface area contributed by atoms with Gasteiger partial charge in [-0.05, 0) is 41.8 Å². The zero-order valence-electron chi connectivity index (χ0n) is 17.2. The molecule has 1 fully saturated rings. The number of nitrogens with zero attached hydrogens (tertiary/aromatic N) is 1. The molecule has 7 nitrogen and oxygen atoms in total. The Morgan fingerprint density at radius 3 is 2.77 bits per heavy atom. The standard InChI is InChI=1S/C22H26F2N2O5/c1-30-20-5-2-14(9-19(20)28)8-15(13-27)11-25-22(29)26-6-7-31-21(12-26)16-3-4-17(23)18(24)10-16/h2-5,9-10,15,21,27-28H,6-8,11-13H2,1H3,(H,25,29). The second kappa shape index (κ2) is 10.4. The van der Waals surface area contributed by atoms with Crippen molar-refractivity contribution in [1.29, 1.82) is 0 Å². The van der Waals surface area contributed by atoms with Crippen LogP contribution in [0, 0.1) is 17.6 Å². The number of phenols is 1. The highest BCUT2D eigenvalue weighted by molar-refractivity contribution is 5.74. The molecule has 0 saturated carbocycles. The van der Waals surface area contributed by atoms with Gasteiger partial charge in [0.2, 0.25) is 0 Å². The van der Waals surface area contributed by atoms with Gasteiger partial charge in [-0.3, -0.25) is 0 Å². The third kappa shape index (κ3) is 5.83. The number of carbonyl (C=O) groups excluding carboxylic acids is 1. The van der Waals surface area contributed by atoms with Gasteiger partial charge in [0.05, 0.1) is 20.3 Å². The van der Waals surface area contributed by atoms with Crippen LogP contribution < -0.4 is 10.1 Å². The molecule has 1 aliphatic heterocycles. The maximum atomic E-state index is 13.5. The van der Waals surface area contributed by atoms with Crippen molar-refractivity contribution in [3.05, 3.63) is 59.2 Å². The van der Waals surface area contributed by atoms with Crippen LogP contribution in [0.2, 0.25) is 0 Å². The van der Waals surface area contributed by atoms with Crippen molar-refractivity contribution in [2.45, 2.75) is 12.5 Å². The Labute approximate surface area is 179 Å². The number of aromatic hydroxyl groups is 1. The summed E-state index contributed by atoms with van der Waals surface area (Å²) >= 11 is 0. The first-order valence-corrected chi connectivity index (χ1v) is 9.97. The van der Waals surface area contributed by atoms with Gasteiger partial charge in [0.25, 0.3) is 0 Å². The van der Waals surface area contributed by atoms with Crippen LogP contribution in [0.25, 0.3) is 0 Å². The van der Waals surface area contributed by atoms with E-state index in [2.05, 4.69) is 5.32 Å². The number of ether oxygens (including phenoxy) is 2. The Morgan fingerprint density at radius 2 is 2.10 bits per heavy atom. The molecule has 168 valence electrons. The molecule has 3 rings (SSSR count). The lowest BCUT2D eigenvalue weighted by Gasteiger charge is -2.33. The predicted octanol–water partition coefficient (Wildman–Crippen LogP) is 2.61. The molecule has 0 aromatic heterocycles. The molecule has 0 radical (unpaired) electrons. The second-order valence-corrected chi connectivity index (χ2v) is 7.42. The number of carbonyl (C=O) groups is 1. The van der Waals surface area contributed by atoms with Gasteiger partial charge in [-0.15, -0.1) is 0 Å². The van der Waals surface area contributed by atoms with Gasteiger partial charge in [0.15, 0.2) is 23.1 Å². The van der Waals surface area contributed by atoms with Gasteiger partial charge in [0, 0.05) is 25.6 Å². The number of rotatable bonds is 7. The number of amides is 2. The molecule has 2 aromatic rings. The highest BCUT2D eigenvalue weighted by Gasteiger charge is 2.26. The van der Waals surface area contributed by atoms with E-state index in [0.717, 1.165) is 17.7 Å². The molecular formula is C22H26F2N2O5. The Kier molecular flexibility index (Phi) is 7.64. The van der Waals surface area contributed by atoms with E-state index in [-0.39, 0.29) is 44.0 Å². The fourth-order valence-corrected chi connectivity index (χ4v) is 3.49. The van der Waals surface area contributed by atoms with Crippen molar-refractivity contribution in [2.75, 3.05) is 40.0 Å². The van der Waals surface area contributed by atoms with Gasteiger partial charge in [-0.25, -0.2) is 13.6 Å². The molecule has 1 heterocycles. The summed E-state index contributed by atoms with van der Waals surface area (Å²) in [4.78, 5) is 14.1. The Morgan fingerprint density at radius 1 is 1.29 bits per heavy atom. The molecule has 31 heavy (non-hydrogen) atoms. The largest absolute Gasteiger partial charge is 0.504 e. The zero-order valence-corrected chi connectivity index (χ0v) is 17.2. The quantitative estimate of drug-likeness (QED) is 0.621. The number of aliphatic hydroxyl groups is 1. The van der Waals surface area contributed by atoms with Crippen molar-refractivity contribution in [3.8, 4) is 11.5 Å². The molecule has 0 aliphatic carbocycles. The first-order chi connectivity index (χ1) is 14.9. The molecule has 2 unspecified atom stereocenters. The highest BCUT2D eigenvalue weighted by Crippen LogP contribution is 2.27. The number of halogens is 2. The van der Waals surface area contributed by atoms with Crippen LogP contribution in [0.15, 0.2) is 36.4 Å². The summed E-state index contributed by atoms with van der Waals surface area (Å²) in [6.45, 7) is 0.920. The minimum absolute atomic E-state index is 0.0114. The molecule has 0 bridgehead atoms. The van der Waals surface area contributed by atoms with Gasteiger partial charge in [0.1, 0.15) is 6.10 Å². The number of phenolic OH excluding ortho intramolecular Hbond substituents is 1. The summed E-state index contributed by atoms with van der Waals surface area (Å²) in [6.07, 6.45) is -0.0972. The van der Waals surface area contributed by atoms with Crippen LogP contribution in [-0.2, 0) is 11.2 Å². The Hall–Kier alpha value is -2.91. The van der Waals surface area contributed by atoms with Crippen LogP contribution in [0.1, 0.15) is 17.2 Å². The van der Waals surface area contributed by atoms with Crippen LogP contribution in [0.3, 0.4) is 0 Å². The number of urea groups is 1. The number of hydrogen-bond acceptors (Lipinski definition) is 5. The summed E-state index contributed by atoms with van der Waals surface area (Å²) < 4.78 is 37.3. The lowest BCUT2D eigenvalue weighted by atomic mass is 9.99. The molecule has 1 aliphatic rings. The monoisotopic (exact) mass is 436 g/mol. The fraction of sp³-hybridized carbons (Fsp3) is 0.409. The van der Waals surface area contributed by atoms with E-state index >= 15 is 0 Å². The summed E-state index contributed by atoms with van der Waals surface area (Å²) in [5, 5.41) is 22.4. The van der Waals surface area contributed by atoms with E-state index in [1.54, 1.807) is 23.1 Å². The number of nitrogens with one attached hydrogen (secondary N) is 1. The van der Waals surface area contributed by atoms with Crippen molar-refractivity contribution in [3.63, 3.8) is 0 Å².